The molecule has 9 nitrogen and oxygen atoms in total. The van der Waals surface area contributed by atoms with Gasteiger partial charge in [-0.15, -0.1) is 0 Å². The van der Waals surface area contributed by atoms with E-state index < -0.39 is 34.6 Å². The zero-order chi connectivity index (χ0) is 24.0. The lowest BCUT2D eigenvalue weighted by atomic mass is 9.97. The maximum Gasteiger partial charge on any atom is 0.407 e. The van der Waals surface area contributed by atoms with E-state index in [1.165, 1.54) is 34.0 Å². The van der Waals surface area contributed by atoms with Crippen LogP contribution < -0.4 is 10.3 Å². The van der Waals surface area contributed by atoms with E-state index in [9.17, 15) is 23.5 Å². The number of halogens is 2. The summed E-state index contributed by atoms with van der Waals surface area (Å²) in [7, 11) is 0. The first-order valence-electron chi connectivity index (χ1n) is 10.5. The molecule has 3 heterocycles. The summed E-state index contributed by atoms with van der Waals surface area (Å²) in [5.74, 6) is -2.37. The van der Waals surface area contributed by atoms with Gasteiger partial charge >= 0.3 is 6.09 Å². The van der Waals surface area contributed by atoms with E-state index in [1.54, 1.807) is 6.07 Å². The SMILES string of the molecule is N#Cc1c(F)ccc(F)c1Oc1ccc2ncn(C3COC4(CCN(C(=O)O)C4)C3)c(=O)c2c1. The average Bonchev–Trinajstić information content (AvgIpc) is 3.44. The summed E-state index contributed by atoms with van der Waals surface area (Å²) in [6, 6.07) is 7.24. The molecule has 2 unspecified atom stereocenters. The second-order valence-electron chi connectivity index (χ2n) is 8.39. The molecule has 1 aromatic heterocycles. The zero-order valence-electron chi connectivity index (χ0n) is 17.7. The minimum atomic E-state index is -1.00. The van der Waals surface area contributed by atoms with Gasteiger partial charge in [0.2, 0.25) is 0 Å². The number of hydrogen-bond donors (Lipinski definition) is 1. The summed E-state index contributed by atoms with van der Waals surface area (Å²) in [5, 5.41) is 18.6. The minimum Gasteiger partial charge on any atom is -0.465 e. The van der Waals surface area contributed by atoms with E-state index in [2.05, 4.69) is 4.98 Å². The van der Waals surface area contributed by atoms with Crippen molar-refractivity contribution in [1.29, 1.82) is 5.26 Å². The first-order chi connectivity index (χ1) is 16.3. The van der Waals surface area contributed by atoms with Gasteiger partial charge in [-0.05, 0) is 36.8 Å². The first-order valence-corrected chi connectivity index (χ1v) is 10.5. The Balaban J connectivity index is 1.46. The van der Waals surface area contributed by atoms with Crippen molar-refractivity contribution in [3.8, 4) is 17.6 Å². The molecule has 1 N–H and O–H groups in total. The van der Waals surface area contributed by atoms with Crippen molar-refractivity contribution >= 4 is 17.0 Å². The van der Waals surface area contributed by atoms with E-state index in [-0.39, 0.29) is 35.9 Å². The molecule has 2 saturated heterocycles. The monoisotopic (exact) mass is 468 g/mol. The van der Waals surface area contributed by atoms with E-state index in [1.807, 2.05) is 0 Å². The van der Waals surface area contributed by atoms with Gasteiger partial charge in [-0.3, -0.25) is 9.36 Å². The van der Waals surface area contributed by atoms with E-state index >= 15 is 0 Å². The van der Waals surface area contributed by atoms with E-state index in [0.717, 1.165) is 12.1 Å². The number of rotatable bonds is 3. The predicted octanol–water partition coefficient (Wildman–Crippen LogP) is 3.42. The summed E-state index contributed by atoms with van der Waals surface area (Å²) in [4.78, 5) is 30.1. The van der Waals surface area contributed by atoms with Gasteiger partial charge in [-0.25, -0.2) is 18.6 Å². The van der Waals surface area contributed by atoms with Crippen LogP contribution in [0.3, 0.4) is 0 Å². The van der Waals surface area contributed by atoms with Gasteiger partial charge in [0.05, 0.1) is 42.0 Å². The number of aromatic nitrogens is 2. The summed E-state index contributed by atoms with van der Waals surface area (Å²) < 4.78 is 40.9. The molecule has 11 heteroatoms. The van der Waals surface area contributed by atoms with Crippen LogP contribution in [0, 0.1) is 23.0 Å². The third kappa shape index (κ3) is 3.62. The largest absolute Gasteiger partial charge is 0.465 e. The molecule has 0 radical (unpaired) electrons. The number of hydrogen-bond acceptors (Lipinski definition) is 6. The average molecular weight is 468 g/mol. The molecule has 0 bridgehead atoms. The van der Waals surface area contributed by atoms with Crippen molar-refractivity contribution in [1.82, 2.24) is 14.5 Å². The molecule has 174 valence electrons. The number of nitriles is 1. The third-order valence-electron chi connectivity index (χ3n) is 6.31. The molecule has 1 amide bonds. The first kappa shape index (κ1) is 21.8. The Labute approximate surface area is 191 Å². The lowest BCUT2D eigenvalue weighted by molar-refractivity contribution is 0.0124. The van der Waals surface area contributed by atoms with E-state index in [4.69, 9.17) is 14.7 Å². The number of nitrogens with zero attached hydrogens (tertiary/aromatic N) is 4. The highest BCUT2D eigenvalue weighted by molar-refractivity contribution is 5.79. The van der Waals surface area contributed by atoms with Gasteiger partial charge in [-0.2, -0.15) is 5.26 Å². The highest BCUT2D eigenvalue weighted by Gasteiger charge is 2.47. The quantitative estimate of drug-likeness (QED) is 0.626. The lowest BCUT2D eigenvalue weighted by Gasteiger charge is -2.22. The smallest absolute Gasteiger partial charge is 0.407 e. The highest BCUT2D eigenvalue weighted by Crippen LogP contribution is 2.39. The van der Waals surface area contributed by atoms with Gasteiger partial charge in [0, 0.05) is 13.0 Å². The molecule has 2 atom stereocenters. The van der Waals surface area contributed by atoms with Crippen molar-refractivity contribution in [2.75, 3.05) is 19.7 Å². The predicted molar refractivity (Wildman–Crippen MR) is 114 cm³/mol. The molecule has 0 saturated carbocycles. The van der Waals surface area contributed by atoms with Crippen LogP contribution in [0.15, 0.2) is 41.5 Å². The number of fused-ring (bicyclic) bond motifs is 1. The van der Waals surface area contributed by atoms with Crippen LogP contribution in [0.4, 0.5) is 13.6 Å². The number of benzene rings is 2. The Hall–Kier alpha value is -4.04. The van der Waals surface area contributed by atoms with Crippen LogP contribution in [0.2, 0.25) is 0 Å². The molecule has 2 aromatic carbocycles. The van der Waals surface area contributed by atoms with Gasteiger partial charge in [0.25, 0.3) is 5.56 Å². The number of carboxylic acid groups (broad SMARTS) is 1. The van der Waals surface area contributed by atoms with Crippen molar-refractivity contribution in [2.24, 2.45) is 0 Å². The van der Waals surface area contributed by atoms with Crippen LogP contribution in [-0.4, -0.2) is 50.9 Å². The van der Waals surface area contributed by atoms with Crippen LogP contribution >= 0.6 is 0 Å². The minimum absolute atomic E-state index is 0.0391. The molecule has 5 rings (SSSR count). The fourth-order valence-corrected chi connectivity index (χ4v) is 4.58. The number of likely N-dealkylation sites (tertiary alicyclic amines) is 1. The third-order valence-corrected chi connectivity index (χ3v) is 6.31. The maximum absolute atomic E-state index is 14.2. The molecule has 1 spiro atoms. The van der Waals surface area contributed by atoms with Crippen molar-refractivity contribution in [2.45, 2.75) is 24.5 Å². The lowest BCUT2D eigenvalue weighted by Crippen LogP contribution is -2.35. The summed E-state index contributed by atoms with van der Waals surface area (Å²) in [6.07, 6.45) is 1.42. The summed E-state index contributed by atoms with van der Waals surface area (Å²) >= 11 is 0. The Morgan fingerprint density at radius 2 is 2.09 bits per heavy atom. The topological polar surface area (TPSA) is 118 Å². The van der Waals surface area contributed by atoms with Crippen LogP contribution in [-0.2, 0) is 4.74 Å². The fraction of sp³-hybridized carbons (Fsp3) is 0.304. The normalized spacial score (nSPS) is 21.8. The van der Waals surface area contributed by atoms with Crippen molar-refractivity contribution in [3.63, 3.8) is 0 Å². The van der Waals surface area contributed by atoms with Gasteiger partial charge in [0.15, 0.2) is 11.6 Å². The van der Waals surface area contributed by atoms with Crippen LogP contribution in [0.1, 0.15) is 24.4 Å². The summed E-state index contributed by atoms with van der Waals surface area (Å²) in [6.45, 7) is 0.846. The Bertz CT molecular complexity index is 1420. The van der Waals surface area contributed by atoms with Gasteiger partial charge in [0.1, 0.15) is 23.2 Å². The number of carbonyl (C=O) groups is 1. The number of ether oxygens (including phenoxy) is 2. The molecule has 2 aliphatic heterocycles. The second kappa shape index (κ2) is 8.07. The molecule has 0 aliphatic carbocycles. The standard InChI is InChI=1S/C23H18F2N4O5/c24-17-2-3-18(25)20(16(17)9-26)34-14-1-4-19-15(7-14)21(30)29(12-27-19)13-8-23(33-10-13)5-6-28(11-23)22(31)32/h1-4,7,12-13H,5-6,8,10-11H2,(H,31,32). The molecular weight excluding hydrogens is 450 g/mol. The summed E-state index contributed by atoms with van der Waals surface area (Å²) in [5.41, 5.74) is -1.22. The maximum atomic E-state index is 14.2. The molecule has 2 aliphatic rings. The van der Waals surface area contributed by atoms with Crippen molar-refractivity contribution in [3.05, 3.63) is 64.2 Å². The van der Waals surface area contributed by atoms with E-state index in [0.29, 0.717) is 24.9 Å². The zero-order valence-corrected chi connectivity index (χ0v) is 17.7. The number of amides is 1. The van der Waals surface area contributed by atoms with Crippen LogP contribution in [0.5, 0.6) is 11.5 Å². The molecular formula is C23H18F2N4O5. The Kier molecular flexibility index (Phi) is 5.17. The molecule has 34 heavy (non-hydrogen) atoms. The fourth-order valence-electron chi connectivity index (χ4n) is 4.58. The Morgan fingerprint density at radius 3 is 2.82 bits per heavy atom. The van der Waals surface area contributed by atoms with Gasteiger partial charge in [-0.1, -0.05) is 0 Å². The molecule has 2 fully saturated rings. The van der Waals surface area contributed by atoms with Gasteiger partial charge < -0.3 is 19.5 Å². The molecule has 3 aromatic rings. The van der Waals surface area contributed by atoms with Crippen LogP contribution in [0.25, 0.3) is 10.9 Å². The Morgan fingerprint density at radius 1 is 1.29 bits per heavy atom. The second-order valence-corrected chi connectivity index (χ2v) is 8.39. The van der Waals surface area contributed by atoms with Crippen molar-refractivity contribution < 1.29 is 28.2 Å². The highest BCUT2D eigenvalue weighted by atomic mass is 19.1.